The summed E-state index contributed by atoms with van der Waals surface area (Å²) in [5.41, 5.74) is 9.42. The zero-order valence-electron chi connectivity index (χ0n) is 20.3. The van der Waals surface area contributed by atoms with Crippen molar-refractivity contribution in [3.8, 4) is 10.4 Å². The first-order valence-corrected chi connectivity index (χ1v) is 13.3. The number of aromatic nitrogens is 2. The standard InChI is InChI=1S/C26H36N6OS/c1-17-23(19-7-11-28-21(15-19)26(3)9-10-26)34-25(29-17)30-18(2)32-14-8-20(22(32)24(27)33)16-31-12-5-4-6-13-31/h7,11,15,20,22H,2,4-6,8-10,12-14,16H2,1,3H3,(H2,27,33)(H,29,30). The fourth-order valence-electron chi connectivity index (χ4n) is 5.47. The second kappa shape index (κ2) is 9.30. The lowest BCUT2D eigenvalue weighted by Gasteiger charge is -2.33. The minimum Gasteiger partial charge on any atom is -0.368 e. The van der Waals surface area contributed by atoms with E-state index in [-0.39, 0.29) is 23.3 Å². The molecule has 2 aromatic heterocycles. The van der Waals surface area contributed by atoms with Gasteiger partial charge in [-0.3, -0.25) is 9.78 Å². The number of nitrogens with two attached hydrogens (primary N) is 1. The number of nitrogens with zero attached hydrogens (tertiary/aromatic N) is 4. The topological polar surface area (TPSA) is 87.4 Å². The van der Waals surface area contributed by atoms with Gasteiger partial charge >= 0.3 is 0 Å². The molecule has 34 heavy (non-hydrogen) atoms. The third kappa shape index (κ3) is 4.70. The van der Waals surface area contributed by atoms with Crippen LogP contribution in [0.1, 0.15) is 56.8 Å². The van der Waals surface area contributed by atoms with Crippen molar-refractivity contribution in [3.63, 3.8) is 0 Å². The lowest BCUT2D eigenvalue weighted by atomic mass is 9.98. The summed E-state index contributed by atoms with van der Waals surface area (Å²) in [5, 5.41) is 4.17. The quantitative estimate of drug-likeness (QED) is 0.591. The number of amides is 1. The zero-order chi connectivity index (χ0) is 23.9. The first-order chi connectivity index (χ1) is 16.3. The number of hydrogen-bond acceptors (Lipinski definition) is 7. The largest absolute Gasteiger partial charge is 0.368 e. The average molecular weight is 481 g/mol. The van der Waals surface area contributed by atoms with E-state index in [9.17, 15) is 4.79 Å². The summed E-state index contributed by atoms with van der Waals surface area (Å²) in [6.07, 6.45) is 9.06. The van der Waals surface area contributed by atoms with E-state index in [1.165, 1.54) is 32.1 Å². The number of hydrogen-bond donors (Lipinski definition) is 2. The SMILES string of the molecule is C=C(Nc1nc(C)c(-c2ccnc(C3(C)CC3)c2)s1)N1CCC(CN2CCCCC2)C1C(N)=O. The number of likely N-dealkylation sites (tertiary alicyclic amines) is 2. The van der Waals surface area contributed by atoms with Crippen molar-refractivity contribution in [2.75, 3.05) is 31.5 Å². The van der Waals surface area contributed by atoms with Crippen molar-refractivity contribution >= 4 is 22.4 Å². The highest BCUT2D eigenvalue weighted by molar-refractivity contribution is 7.19. The van der Waals surface area contributed by atoms with E-state index in [4.69, 9.17) is 10.7 Å². The number of thiazole rings is 1. The van der Waals surface area contributed by atoms with Gasteiger partial charge in [0.15, 0.2) is 5.13 Å². The second-order valence-corrected chi connectivity index (χ2v) is 11.4. The zero-order valence-corrected chi connectivity index (χ0v) is 21.2. The molecule has 3 aliphatic rings. The molecule has 0 radical (unpaired) electrons. The maximum Gasteiger partial charge on any atom is 0.240 e. The Kier molecular flexibility index (Phi) is 6.37. The van der Waals surface area contributed by atoms with Crippen LogP contribution in [0, 0.1) is 12.8 Å². The van der Waals surface area contributed by atoms with Crippen molar-refractivity contribution in [1.82, 2.24) is 19.8 Å². The molecule has 0 bridgehead atoms. The van der Waals surface area contributed by atoms with Crippen LogP contribution in [-0.4, -0.2) is 57.9 Å². The molecule has 1 saturated carbocycles. The molecule has 3 fully saturated rings. The Balaban J connectivity index is 1.28. The first-order valence-electron chi connectivity index (χ1n) is 12.5. The van der Waals surface area contributed by atoms with Crippen molar-refractivity contribution < 1.29 is 4.79 Å². The number of anilines is 1. The highest BCUT2D eigenvalue weighted by Crippen LogP contribution is 2.47. The van der Waals surface area contributed by atoms with Crippen molar-refractivity contribution in [2.24, 2.45) is 11.7 Å². The molecular weight excluding hydrogens is 444 g/mol. The monoisotopic (exact) mass is 480 g/mol. The Labute approximate surface area is 206 Å². The van der Waals surface area contributed by atoms with Gasteiger partial charge in [0, 0.05) is 36.3 Å². The van der Waals surface area contributed by atoms with Crippen molar-refractivity contribution in [2.45, 2.75) is 63.8 Å². The van der Waals surface area contributed by atoms with E-state index < -0.39 is 0 Å². The van der Waals surface area contributed by atoms with E-state index in [2.05, 4.69) is 40.8 Å². The Bertz CT molecular complexity index is 1070. The highest BCUT2D eigenvalue weighted by Gasteiger charge is 2.41. The van der Waals surface area contributed by atoms with Crippen LogP contribution in [-0.2, 0) is 10.2 Å². The molecule has 3 N–H and O–H groups in total. The summed E-state index contributed by atoms with van der Waals surface area (Å²) in [7, 11) is 0. The van der Waals surface area contributed by atoms with E-state index in [1.807, 2.05) is 18.0 Å². The smallest absolute Gasteiger partial charge is 0.240 e. The van der Waals surface area contributed by atoms with E-state index in [0.29, 0.717) is 5.82 Å². The molecule has 2 aliphatic heterocycles. The molecule has 182 valence electrons. The minimum atomic E-state index is -0.329. The van der Waals surface area contributed by atoms with Gasteiger partial charge in [-0.15, -0.1) is 0 Å². The number of pyridine rings is 1. The summed E-state index contributed by atoms with van der Waals surface area (Å²) < 4.78 is 0. The van der Waals surface area contributed by atoms with Gasteiger partial charge in [-0.2, -0.15) is 0 Å². The molecule has 8 heteroatoms. The van der Waals surface area contributed by atoms with Gasteiger partial charge < -0.3 is 20.9 Å². The first kappa shape index (κ1) is 23.3. The fourth-order valence-corrected chi connectivity index (χ4v) is 6.45. The van der Waals surface area contributed by atoms with Crippen LogP contribution >= 0.6 is 11.3 Å². The summed E-state index contributed by atoms with van der Waals surface area (Å²) in [6.45, 7) is 12.5. The Morgan fingerprint density at radius 2 is 2.06 bits per heavy atom. The molecule has 2 unspecified atom stereocenters. The van der Waals surface area contributed by atoms with Gasteiger partial charge in [-0.05, 0) is 69.8 Å². The molecule has 0 spiro atoms. The number of primary amides is 1. The number of carbonyl (C=O) groups excluding carboxylic acids is 1. The maximum atomic E-state index is 12.5. The van der Waals surface area contributed by atoms with Gasteiger partial charge in [0.1, 0.15) is 11.9 Å². The van der Waals surface area contributed by atoms with Gasteiger partial charge in [0.05, 0.1) is 10.6 Å². The lowest BCUT2D eigenvalue weighted by molar-refractivity contribution is -0.123. The van der Waals surface area contributed by atoms with Crippen LogP contribution in [0.25, 0.3) is 10.4 Å². The summed E-state index contributed by atoms with van der Waals surface area (Å²) in [6, 6.07) is 3.94. The van der Waals surface area contributed by atoms with Crippen molar-refractivity contribution in [1.29, 1.82) is 0 Å². The Morgan fingerprint density at radius 3 is 2.76 bits per heavy atom. The normalized spacial score (nSPS) is 24.2. The molecule has 2 saturated heterocycles. The molecule has 0 aromatic carbocycles. The van der Waals surface area contributed by atoms with Crippen LogP contribution in [0.15, 0.2) is 30.7 Å². The Morgan fingerprint density at radius 1 is 1.29 bits per heavy atom. The predicted octanol–water partition coefficient (Wildman–Crippen LogP) is 4.11. The average Bonchev–Trinajstić information content (AvgIpc) is 3.27. The van der Waals surface area contributed by atoms with Crippen LogP contribution < -0.4 is 11.1 Å². The number of aryl methyl sites for hydroxylation is 1. The van der Waals surface area contributed by atoms with Crippen LogP contribution in [0.5, 0.6) is 0 Å². The molecular formula is C26H36N6OS. The second-order valence-electron chi connectivity index (χ2n) is 10.4. The molecule has 2 atom stereocenters. The van der Waals surface area contributed by atoms with Crippen LogP contribution in [0.2, 0.25) is 0 Å². The third-order valence-electron chi connectivity index (χ3n) is 7.79. The summed E-state index contributed by atoms with van der Waals surface area (Å²) in [4.78, 5) is 27.5. The number of piperidine rings is 1. The van der Waals surface area contributed by atoms with Gasteiger partial charge in [-0.25, -0.2) is 4.98 Å². The highest BCUT2D eigenvalue weighted by atomic mass is 32.1. The predicted molar refractivity (Wildman–Crippen MR) is 138 cm³/mol. The lowest BCUT2D eigenvalue weighted by Crippen LogP contribution is -2.47. The number of rotatable bonds is 8. The fraction of sp³-hybridized carbons (Fsp3) is 0.577. The number of carbonyl (C=O) groups is 1. The number of nitrogens with one attached hydrogen (secondary N) is 1. The van der Waals surface area contributed by atoms with Gasteiger partial charge in [0.25, 0.3) is 0 Å². The van der Waals surface area contributed by atoms with E-state index in [0.717, 1.165) is 59.6 Å². The van der Waals surface area contributed by atoms with E-state index >= 15 is 0 Å². The third-order valence-corrected chi connectivity index (χ3v) is 8.91. The van der Waals surface area contributed by atoms with Crippen LogP contribution in [0.3, 0.4) is 0 Å². The molecule has 5 rings (SSSR count). The molecule has 2 aromatic rings. The molecule has 7 nitrogen and oxygen atoms in total. The summed E-state index contributed by atoms with van der Waals surface area (Å²) in [5.74, 6) is 0.671. The molecule has 1 aliphatic carbocycles. The summed E-state index contributed by atoms with van der Waals surface area (Å²) >= 11 is 1.62. The molecule has 4 heterocycles. The van der Waals surface area contributed by atoms with Gasteiger partial charge in [-0.1, -0.05) is 31.3 Å². The Hall–Kier alpha value is -2.45. The minimum absolute atomic E-state index is 0.230. The molecule has 1 amide bonds. The van der Waals surface area contributed by atoms with Gasteiger partial charge in [0.2, 0.25) is 5.91 Å². The maximum absolute atomic E-state index is 12.5. The van der Waals surface area contributed by atoms with E-state index in [1.54, 1.807) is 11.3 Å². The van der Waals surface area contributed by atoms with Crippen molar-refractivity contribution in [3.05, 3.63) is 42.1 Å². The van der Waals surface area contributed by atoms with Crippen LogP contribution in [0.4, 0.5) is 5.13 Å².